The molecule has 3 atom stereocenters. The number of hydrogen-bond donors (Lipinski definition) is 3. The van der Waals surface area contributed by atoms with E-state index in [-0.39, 0.29) is 57.7 Å². The van der Waals surface area contributed by atoms with Gasteiger partial charge in [-0.25, -0.2) is 8.78 Å². The molecule has 2 heterocycles. The summed E-state index contributed by atoms with van der Waals surface area (Å²) < 4.78 is 117. The normalized spacial score (nSPS) is 17.7. The maximum atomic E-state index is 15.4. The van der Waals surface area contributed by atoms with E-state index >= 15 is 8.78 Å². The van der Waals surface area contributed by atoms with Crippen molar-refractivity contribution in [1.82, 2.24) is 20.1 Å². The first-order valence-corrected chi connectivity index (χ1v) is 22.2. The molecule has 0 radical (unpaired) electrons. The topological polar surface area (TPSA) is 106 Å². The van der Waals surface area contributed by atoms with Crippen molar-refractivity contribution in [3.63, 3.8) is 0 Å². The molecule has 1 saturated carbocycles. The third-order valence-electron chi connectivity index (χ3n) is 9.31. The monoisotopic (exact) mass is 885 g/mol. The van der Waals surface area contributed by atoms with Crippen molar-refractivity contribution in [2.75, 3.05) is 9.86 Å². The molecule has 1 unspecified atom stereocenters. The van der Waals surface area contributed by atoms with Crippen LogP contribution in [0.5, 0.6) is 0 Å². The number of amides is 1. The Balaban J connectivity index is 1.53. The molecular formula is C39H36F8IN5O2. The van der Waals surface area contributed by atoms with Gasteiger partial charge in [0, 0.05) is 0 Å². The van der Waals surface area contributed by atoms with E-state index in [9.17, 15) is 36.2 Å². The van der Waals surface area contributed by atoms with Crippen molar-refractivity contribution in [3.8, 4) is 23.0 Å². The van der Waals surface area contributed by atoms with Gasteiger partial charge in [0.05, 0.1) is 0 Å². The van der Waals surface area contributed by atoms with Crippen LogP contribution in [0.25, 0.3) is 16.8 Å². The second-order valence-electron chi connectivity index (χ2n) is 14.2. The minimum absolute atomic E-state index is 0.0180. The van der Waals surface area contributed by atoms with E-state index in [4.69, 9.17) is 10.7 Å². The van der Waals surface area contributed by atoms with Crippen LogP contribution >= 0.6 is 19.8 Å². The summed E-state index contributed by atoms with van der Waals surface area (Å²) in [6.45, 7) is 5.69. The van der Waals surface area contributed by atoms with Gasteiger partial charge in [0.1, 0.15) is 0 Å². The third-order valence-corrected chi connectivity index (χ3v) is 12.6. The number of nitrogens with two attached hydrogens (primary N) is 1. The van der Waals surface area contributed by atoms with E-state index in [1.165, 1.54) is 32.0 Å². The van der Waals surface area contributed by atoms with Crippen LogP contribution in [0.4, 0.5) is 35.1 Å². The fraction of sp³-hybridized carbons (Fsp3) is 0.359. The van der Waals surface area contributed by atoms with Gasteiger partial charge in [-0.15, -0.1) is 0 Å². The van der Waals surface area contributed by atoms with Gasteiger partial charge in [0.2, 0.25) is 0 Å². The molecule has 1 fully saturated rings. The number of carbonyl (C=O) groups excluding carboxylic acids is 1. The second kappa shape index (κ2) is 14.9. The fourth-order valence-corrected chi connectivity index (χ4v) is 10.5. The zero-order valence-electron chi connectivity index (χ0n) is 29.9. The number of aromatic nitrogens is 3. The molecule has 2 aliphatic carbocycles. The third kappa shape index (κ3) is 8.09. The van der Waals surface area contributed by atoms with Gasteiger partial charge in [-0.1, -0.05) is 0 Å². The van der Waals surface area contributed by atoms with Gasteiger partial charge >= 0.3 is 305 Å². The number of benzene rings is 2. The van der Waals surface area contributed by atoms with Crippen molar-refractivity contribution in [3.05, 3.63) is 109 Å². The number of pyridine rings is 1. The summed E-state index contributed by atoms with van der Waals surface area (Å²) in [6.07, 6.45) is -6.40. The molecule has 1 amide bonds. The number of alkyl halides is 8. The van der Waals surface area contributed by atoms with E-state index in [2.05, 4.69) is 28.8 Å². The quantitative estimate of drug-likeness (QED) is 0.0608. The van der Waals surface area contributed by atoms with Gasteiger partial charge in [0.25, 0.3) is 0 Å². The molecule has 2 aromatic carbocycles. The number of halogens is 9. The van der Waals surface area contributed by atoms with Crippen molar-refractivity contribution >= 4 is 31.4 Å². The van der Waals surface area contributed by atoms with E-state index in [0.717, 1.165) is 12.1 Å². The summed E-state index contributed by atoms with van der Waals surface area (Å²) in [6, 6.07) is 7.07. The summed E-state index contributed by atoms with van der Waals surface area (Å²) in [5, 5.41) is 16.7. The van der Waals surface area contributed by atoms with Crippen LogP contribution in [0.3, 0.4) is 0 Å². The summed E-state index contributed by atoms with van der Waals surface area (Å²) in [4.78, 5) is 22.4. The Morgan fingerprint density at radius 3 is 2.31 bits per heavy atom. The Kier molecular flexibility index (Phi) is 10.9. The van der Waals surface area contributed by atoms with E-state index < -0.39 is 97.5 Å². The van der Waals surface area contributed by atoms with E-state index in [1.54, 1.807) is 6.07 Å². The standard InChI is InChI=1S/C39H36F8IN5O2/c1-18(49)30-25(36(42)43)9-8-23(32(30)48(4)5)24-7-6-22(10-11-38(2,3)55)50-33(24)28(14-19-12-20(40)15-21(41)13-19)51-29(54)17-53-35-31(34(52-53)37(44)45)26-16-27(26)39(35,46)47/h6-9,12-13,15,26-28,36-37,55H,1,14,16-17,49H2,2-5H3,(H,51,54)/t26-,27+,28?/m0/s1. The molecule has 6 rings (SSSR count). The molecule has 4 aromatic rings. The Hall–Kier alpha value is -4.50. The molecule has 7 nitrogen and oxygen atoms in total. The number of aliphatic hydroxyl groups is 1. The molecule has 0 aliphatic heterocycles. The summed E-state index contributed by atoms with van der Waals surface area (Å²) in [7, 11) is 0. The predicted molar refractivity (Wildman–Crippen MR) is 198 cm³/mol. The Morgan fingerprint density at radius 1 is 1.07 bits per heavy atom. The van der Waals surface area contributed by atoms with Crippen molar-refractivity contribution in [2.45, 2.75) is 69.6 Å². The van der Waals surface area contributed by atoms with Crippen LogP contribution in [-0.4, -0.2) is 41.2 Å². The molecular weight excluding hydrogens is 849 g/mol. The molecule has 2 aromatic heterocycles. The number of nitrogens with zero attached hydrogens (tertiary/aromatic N) is 3. The van der Waals surface area contributed by atoms with Crippen LogP contribution < -0.4 is 11.1 Å². The van der Waals surface area contributed by atoms with Crippen LogP contribution in [0.1, 0.15) is 90.1 Å². The second-order valence-corrected chi connectivity index (χ2v) is 19.6. The first kappa shape index (κ1) is 40.2. The van der Waals surface area contributed by atoms with Crippen molar-refractivity contribution in [2.24, 2.45) is 11.7 Å². The molecule has 55 heavy (non-hydrogen) atoms. The fourth-order valence-electron chi connectivity index (χ4n) is 7.09. The van der Waals surface area contributed by atoms with E-state index in [0.29, 0.717) is 19.9 Å². The van der Waals surface area contributed by atoms with Crippen molar-refractivity contribution in [1.29, 1.82) is 0 Å². The molecule has 0 spiro atoms. The number of nitrogens with one attached hydrogen (secondary N) is 1. The SMILES string of the molecule is C=C(N)c1c(C(F)F)ccc(-c2ccc(C#CC(C)(C)O)nc2C(Cc2cc(F)cc(F)c2)NC(=O)Cn2nc(C(F)F)c3c2C(F)(F)[C@@H]2C[C@H]32)c1I(C)C. The molecule has 0 bridgehead atoms. The summed E-state index contributed by atoms with van der Waals surface area (Å²) in [5.41, 5.74) is 3.25. The van der Waals surface area contributed by atoms with Gasteiger partial charge in [0.15, 0.2) is 0 Å². The van der Waals surface area contributed by atoms with Crippen LogP contribution in [-0.2, 0) is 23.7 Å². The van der Waals surface area contributed by atoms with Crippen LogP contribution in [0.15, 0.2) is 49.0 Å². The Bertz CT molecular complexity index is 2240. The Labute approximate surface area is 318 Å². The van der Waals surface area contributed by atoms with Crippen molar-refractivity contribution < 1.29 is 45.0 Å². The average molecular weight is 886 g/mol. The molecule has 4 N–H and O–H groups in total. The minimum atomic E-state index is -3.51. The Morgan fingerprint density at radius 2 is 1.73 bits per heavy atom. The first-order chi connectivity index (χ1) is 25.7. The molecule has 2 aliphatic rings. The zero-order valence-corrected chi connectivity index (χ0v) is 32.1. The number of hydrogen-bond acceptors (Lipinski definition) is 5. The predicted octanol–water partition coefficient (Wildman–Crippen LogP) is 8.40. The summed E-state index contributed by atoms with van der Waals surface area (Å²) in [5.74, 6) is -2.95. The van der Waals surface area contributed by atoms with Gasteiger partial charge in [-0.05, 0) is 6.42 Å². The van der Waals surface area contributed by atoms with Gasteiger partial charge in [-0.2, -0.15) is 0 Å². The summed E-state index contributed by atoms with van der Waals surface area (Å²) >= 11 is -2.29. The zero-order chi connectivity index (χ0) is 40.3. The van der Waals surface area contributed by atoms with Crippen LogP contribution in [0, 0.1) is 33.0 Å². The van der Waals surface area contributed by atoms with Gasteiger partial charge in [-0.3, -0.25) is 0 Å². The molecule has 0 saturated heterocycles. The van der Waals surface area contributed by atoms with Crippen LogP contribution in [0.2, 0.25) is 0 Å². The first-order valence-electron chi connectivity index (χ1n) is 16.9. The molecule has 292 valence electrons. The number of rotatable bonds is 11. The number of fused-ring (bicyclic) bond motifs is 3. The van der Waals surface area contributed by atoms with Gasteiger partial charge < -0.3 is 0 Å². The number of carbonyl (C=O) groups is 1. The van der Waals surface area contributed by atoms with E-state index in [1.807, 2.05) is 9.86 Å². The maximum absolute atomic E-state index is 15.4. The average Bonchev–Trinajstić information content (AvgIpc) is 3.73. The molecule has 16 heteroatoms.